The number of amides is 1. The molecule has 2 heterocycles. The highest BCUT2D eigenvalue weighted by Gasteiger charge is 2.36. The average Bonchev–Trinajstić information content (AvgIpc) is 2.96. The maximum Gasteiger partial charge on any atom is 0.311 e. The molecule has 0 N–H and O–H groups in total. The third-order valence-electron chi connectivity index (χ3n) is 4.60. The molecule has 2 aliphatic heterocycles. The molecular weight excluding hydrogens is 299 g/mol. The lowest BCUT2D eigenvalue weighted by Crippen LogP contribution is -2.30. The molecular formula is C17H21FN2O3. The third-order valence-corrected chi connectivity index (χ3v) is 4.60. The number of anilines is 2. The number of benzene rings is 1. The van der Waals surface area contributed by atoms with Crippen molar-refractivity contribution in [2.45, 2.75) is 25.7 Å². The Morgan fingerprint density at radius 1 is 1.26 bits per heavy atom. The van der Waals surface area contributed by atoms with E-state index in [1.807, 2.05) is 4.90 Å². The van der Waals surface area contributed by atoms with Crippen LogP contribution in [0.1, 0.15) is 25.7 Å². The summed E-state index contributed by atoms with van der Waals surface area (Å²) >= 11 is 0. The van der Waals surface area contributed by atoms with Gasteiger partial charge in [-0.15, -0.1) is 0 Å². The lowest BCUT2D eigenvalue weighted by Gasteiger charge is -2.29. The SMILES string of the molecule is COC(=O)C1CC(=O)N(c2ccc(N3CCCCC3)c(F)c2)C1. The predicted octanol–water partition coefficient (Wildman–Crippen LogP) is 2.34. The monoisotopic (exact) mass is 320 g/mol. The van der Waals surface area contributed by atoms with Crippen molar-refractivity contribution < 1.29 is 18.7 Å². The number of ether oxygens (including phenoxy) is 1. The molecule has 1 aromatic rings. The maximum atomic E-state index is 14.5. The van der Waals surface area contributed by atoms with Gasteiger partial charge in [0.25, 0.3) is 0 Å². The second-order valence-electron chi connectivity index (χ2n) is 6.11. The molecule has 0 bridgehead atoms. The highest BCUT2D eigenvalue weighted by molar-refractivity contribution is 5.99. The number of carbonyl (C=O) groups is 2. The molecule has 0 aromatic heterocycles. The molecule has 1 unspecified atom stereocenters. The van der Waals surface area contributed by atoms with Gasteiger partial charge < -0.3 is 14.5 Å². The molecule has 6 heteroatoms. The summed E-state index contributed by atoms with van der Waals surface area (Å²) < 4.78 is 19.2. The largest absolute Gasteiger partial charge is 0.469 e. The molecule has 1 amide bonds. The molecule has 5 nitrogen and oxygen atoms in total. The van der Waals surface area contributed by atoms with Crippen molar-refractivity contribution in [1.29, 1.82) is 0 Å². The fourth-order valence-electron chi connectivity index (χ4n) is 3.34. The van der Waals surface area contributed by atoms with Crippen molar-refractivity contribution in [3.05, 3.63) is 24.0 Å². The Bertz CT molecular complexity index is 614. The topological polar surface area (TPSA) is 49.9 Å². The summed E-state index contributed by atoms with van der Waals surface area (Å²) in [5.74, 6) is -1.37. The Kier molecular flexibility index (Phi) is 4.50. The smallest absolute Gasteiger partial charge is 0.311 e. The molecule has 0 aliphatic carbocycles. The van der Waals surface area contributed by atoms with E-state index >= 15 is 0 Å². The second kappa shape index (κ2) is 6.56. The average molecular weight is 320 g/mol. The van der Waals surface area contributed by atoms with E-state index in [1.165, 1.54) is 24.5 Å². The van der Waals surface area contributed by atoms with Gasteiger partial charge >= 0.3 is 5.97 Å². The fraction of sp³-hybridized carbons (Fsp3) is 0.529. The summed E-state index contributed by atoms with van der Waals surface area (Å²) in [5.41, 5.74) is 1.09. The number of piperidine rings is 1. The third kappa shape index (κ3) is 3.16. The van der Waals surface area contributed by atoms with Crippen LogP contribution < -0.4 is 9.80 Å². The van der Waals surface area contributed by atoms with Crippen LogP contribution in [-0.2, 0) is 14.3 Å². The van der Waals surface area contributed by atoms with Crippen LogP contribution >= 0.6 is 0 Å². The van der Waals surface area contributed by atoms with E-state index in [-0.39, 0.29) is 24.7 Å². The van der Waals surface area contributed by atoms with Gasteiger partial charge in [-0.25, -0.2) is 4.39 Å². The van der Waals surface area contributed by atoms with Crippen molar-refractivity contribution in [3.63, 3.8) is 0 Å². The van der Waals surface area contributed by atoms with Crippen LogP contribution in [0, 0.1) is 11.7 Å². The molecule has 23 heavy (non-hydrogen) atoms. The van der Waals surface area contributed by atoms with Crippen LogP contribution in [0.15, 0.2) is 18.2 Å². The first-order valence-corrected chi connectivity index (χ1v) is 8.03. The van der Waals surface area contributed by atoms with Crippen LogP contribution in [-0.4, -0.2) is 38.6 Å². The highest BCUT2D eigenvalue weighted by atomic mass is 19.1. The van der Waals surface area contributed by atoms with E-state index < -0.39 is 11.9 Å². The van der Waals surface area contributed by atoms with Gasteiger partial charge in [-0.2, -0.15) is 0 Å². The Morgan fingerprint density at radius 3 is 2.65 bits per heavy atom. The fourth-order valence-corrected chi connectivity index (χ4v) is 3.34. The number of nitrogens with zero attached hydrogens (tertiary/aromatic N) is 2. The highest BCUT2D eigenvalue weighted by Crippen LogP contribution is 2.30. The summed E-state index contributed by atoms with van der Waals surface area (Å²) in [6.45, 7) is 1.97. The molecule has 0 saturated carbocycles. The first kappa shape index (κ1) is 15.8. The van der Waals surface area contributed by atoms with Crippen molar-refractivity contribution in [1.82, 2.24) is 0 Å². The summed E-state index contributed by atoms with van der Waals surface area (Å²) in [6.07, 6.45) is 3.45. The Balaban J connectivity index is 1.77. The standard InChI is InChI=1S/C17H21FN2O3/c1-23-17(22)12-9-16(21)20(11-12)13-5-6-15(14(18)10-13)19-7-3-2-4-8-19/h5-6,10,12H,2-4,7-9,11H2,1H3. The minimum Gasteiger partial charge on any atom is -0.469 e. The van der Waals surface area contributed by atoms with E-state index in [0.717, 1.165) is 25.9 Å². The summed E-state index contributed by atoms with van der Waals surface area (Å²) in [7, 11) is 1.31. The van der Waals surface area contributed by atoms with E-state index in [9.17, 15) is 14.0 Å². The quantitative estimate of drug-likeness (QED) is 0.802. The minimum atomic E-state index is -0.475. The molecule has 1 atom stereocenters. The molecule has 0 radical (unpaired) electrons. The molecule has 0 spiro atoms. The van der Waals surface area contributed by atoms with Crippen molar-refractivity contribution >= 4 is 23.3 Å². The Labute approximate surface area is 135 Å². The van der Waals surface area contributed by atoms with Crippen LogP contribution in [0.4, 0.5) is 15.8 Å². The molecule has 2 saturated heterocycles. The number of esters is 1. The van der Waals surface area contributed by atoms with Crippen LogP contribution in [0.25, 0.3) is 0 Å². The van der Waals surface area contributed by atoms with Gasteiger partial charge in [0.1, 0.15) is 5.82 Å². The van der Waals surface area contributed by atoms with Crippen molar-refractivity contribution in [2.75, 3.05) is 36.5 Å². The number of hydrogen-bond donors (Lipinski definition) is 0. The Hall–Kier alpha value is -2.11. The van der Waals surface area contributed by atoms with Gasteiger partial charge in [-0.05, 0) is 37.5 Å². The maximum absolute atomic E-state index is 14.5. The van der Waals surface area contributed by atoms with Crippen LogP contribution in [0.2, 0.25) is 0 Å². The summed E-state index contributed by atoms with van der Waals surface area (Å²) in [4.78, 5) is 27.2. The zero-order valence-corrected chi connectivity index (χ0v) is 13.3. The second-order valence-corrected chi connectivity index (χ2v) is 6.11. The number of rotatable bonds is 3. The zero-order chi connectivity index (χ0) is 16.4. The van der Waals surface area contributed by atoms with Gasteiger partial charge in [-0.1, -0.05) is 0 Å². The molecule has 2 fully saturated rings. The lowest BCUT2D eigenvalue weighted by molar-refractivity contribution is -0.145. The number of carbonyl (C=O) groups excluding carboxylic acids is 2. The number of halogens is 1. The number of hydrogen-bond acceptors (Lipinski definition) is 4. The summed E-state index contributed by atoms with van der Waals surface area (Å²) in [5, 5.41) is 0. The molecule has 1 aromatic carbocycles. The number of methoxy groups -OCH3 is 1. The van der Waals surface area contributed by atoms with E-state index in [1.54, 1.807) is 12.1 Å². The van der Waals surface area contributed by atoms with Crippen LogP contribution in [0.5, 0.6) is 0 Å². The zero-order valence-electron chi connectivity index (χ0n) is 13.3. The van der Waals surface area contributed by atoms with E-state index in [2.05, 4.69) is 0 Å². The minimum absolute atomic E-state index is 0.113. The van der Waals surface area contributed by atoms with Crippen LogP contribution in [0.3, 0.4) is 0 Å². The first-order chi connectivity index (χ1) is 11.1. The van der Waals surface area contributed by atoms with Gasteiger partial charge in [-0.3, -0.25) is 9.59 Å². The molecule has 3 rings (SSSR count). The molecule has 124 valence electrons. The Morgan fingerprint density at radius 2 is 2.00 bits per heavy atom. The predicted molar refractivity (Wildman–Crippen MR) is 84.9 cm³/mol. The lowest BCUT2D eigenvalue weighted by atomic mass is 10.1. The molecule has 2 aliphatic rings. The first-order valence-electron chi connectivity index (χ1n) is 8.03. The van der Waals surface area contributed by atoms with Gasteiger partial charge in [0.2, 0.25) is 5.91 Å². The van der Waals surface area contributed by atoms with Gasteiger partial charge in [0, 0.05) is 31.7 Å². The van der Waals surface area contributed by atoms with Gasteiger partial charge in [0.15, 0.2) is 0 Å². The van der Waals surface area contributed by atoms with Gasteiger partial charge in [0.05, 0.1) is 18.7 Å². The van der Waals surface area contributed by atoms with E-state index in [4.69, 9.17) is 4.74 Å². The summed E-state index contributed by atoms with van der Waals surface area (Å²) in [6, 6.07) is 4.88. The van der Waals surface area contributed by atoms with Crippen molar-refractivity contribution in [2.24, 2.45) is 5.92 Å². The van der Waals surface area contributed by atoms with Crippen molar-refractivity contribution in [3.8, 4) is 0 Å². The normalized spacial score (nSPS) is 21.7. The van der Waals surface area contributed by atoms with E-state index in [0.29, 0.717) is 11.4 Å².